The Bertz CT molecular complexity index is 741. The molecule has 3 rings (SSSR count). The lowest BCUT2D eigenvalue weighted by atomic mass is 10.2. The van der Waals surface area contributed by atoms with Gasteiger partial charge in [-0.2, -0.15) is 0 Å². The van der Waals surface area contributed by atoms with Crippen LogP contribution < -0.4 is 0 Å². The fraction of sp³-hybridized carbons (Fsp3) is 0.0667. The Morgan fingerprint density at radius 1 is 1.10 bits per heavy atom. The van der Waals surface area contributed by atoms with Crippen LogP contribution in [-0.4, -0.2) is 27.8 Å². The first-order valence-electron chi connectivity index (χ1n) is 6.27. The van der Waals surface area contributed by atoms with E-state index in [2.05, 4.69) is 20.1 Å². The van der Waals surface area contributed by atoms with E-state index in [1.165, 1.54) is 18.4 Å². The number of thiazole rings is 1. The summed E-state index contributed by atoms with van der Waals surface area (Å²) in [5.41, 5.74) is 2.40. The molecule has 21 heavy (non-hydrogen) atoms. The lowest BCUT2D eigenvalue weighted by Gasteiger charge is -2.01. The zero-order chi connectivity index (χ0) is 14.5. The van der Waals surface area contributed by atoms with Crippen molar-refractivity contribution in [2.75, 3.05) is 7.11 Å². The van der Waals surface area contributed by atoms with Crippen molar-refractivity contribution in [1.29, 1.82) is 0 Å². The van der Waals surface area contributed by atoms with Crippen molar-refractivity contribution in [2.24, 2.45) is 5.16 Å². The van der Waals surface area contributed by atoms with Crippen molar-refractivity contribution >= 4 is 17.0 Å². The number of hydrogen-bond acceptors (Lipinski definition) is 6. The molecule has 5 nitrogen and oxygen atoms in total. The highest BCUT2D eigenvalue weighted by molar-refractivity contribution is 7.17. The number of aromatic nitrogens is 3. The van der Waals surface area contributed by atoms with E-state index in [1.807, 2.05) is 30.3 Å². The third kappa shape index (κ3) is 2.95. The maximum absolute atomic E-state index is 4.94. The molecule has 0 aliphatic heterocycles. The van der Waals surface area contributed by atoms with Gasteiger partial charge in [-0.05, 0) is 24.3 Å². The van der Waals surface area contributed by atoms with Crippen LogP contribution in [0.2, 0.25) is 0 Å². The highest BCUT2D eigenvalue weighted by Gasteiger charge is 2.14. The minimum absolute atomic E-state index is 0.672. The normalized spacial score (nSPS) is 11.4. The molecule has 0 aliphatic carbocycles. The van der Waals surface area contributed by atoms with Gasteiger partial charge >= 0.3 is 0 Å². The van der Waals surface area contributed by atoms with Gasteiger partial charge in [-0.25, -0.2) is 4.98 Å². The van der Waals surface area contributed by atoms with E-state index in [-0.39, 0.29) is 0 Å². The van der Waals surface area contributed by atoms with Crippen molar-refractivity contribution in [3.8, 4) is 10.6 Å². The molecular formula is C15H12N4OS. The molecule has 0 saturated carbocycles. The van der Waals surface area contributed by atoms with Crippen LogP contribution in [0.25, 0.3) is 10.6 Å². The number of oxime groups is 1. The first-order valence-corrected chi connectivity index (χ1v) is 7.09. The minimum atomic E-state index is 0.672. The summed E-state index contributed by atoms with van der Waals surface area (Å²) in [5.74, 6) is 0. The number of rotatable bonds is 4. The van der Waals surface area contributed by atoms with Crippen LogP contribution in [0.4, 0.5) is 0 Å². The summed E-state index contributed by atoms with van der Waals surface area (Å²) in [4.78, 5) is 18.7. The maximum Gasteiger partial charge on any atom is 0.147 e. The van der Waals surface area contributed by atoms with Gasteiger partial charge in [-0.15, -0.1) is 11.3 Å². The molecule has 3 aromatic heterocycles. The van der Waals surface area contributed by atoms with E-state index in [1.54, 1.807) is 24.8 Å². The van der Waals surface area contributed by atoms with Crippen molar-refractivity contribution < 1.29 is 4.84 Å². The van der Waals surface area contributed by atoms with Gasteiger partial charge in [0.15, 0.2) is 0 Å². The minimum Gasteiger partial charge on any atom is -0.399 e. The summed E-state index contributed by atoms with van der Waals surface area (Å²) in [5, 5.41) is 4.97. The first kappa shape index (κ1) is 13.4. The third-order valence-electron chi connectivity index (χ3n) is 2.74. The van der Waals surface area contributed by atoms with Gasteiger partial charge in [0.05, 0.1) is 10.6 Å². The quantitative estimate of drug-likeness (QED) is 0.548. The van der Waals surface area contributed by atoms with Crippen molar-refractivity contribution in [2.45, 2.75) is 0 Å². The van der Waals surface area contributed by atoms with Crippen LogP contribution in [0.1, 0.15) is 10.6 Å². The molecular weight excluding hydrogens is 284 g/mol. The molecule has 6 heteroatoms. The van der Waals surface area contributed by atoms with Crippen molar-refractivity contribution in [3.63, 3.8) is 0 Å². The molecule has 0 saturated heterocycles. The zero-order valence-electron chi connectivity index (χ0n) is 11.3. The van der Waals surface area contributed by atoms with Crippen molar-refractivity contribution in [3.05, 3.63) is 65.7 Å². The van der Waals surface area contributed by atoms with E-state index in [9.17, 15) is 0 Å². The average molecular weight is 296 g/mol. The molecule has 0 fully saturated rings. The number of pyridine rings is 2. The van der Waals surface area contributed by atoms with Crippen LogP contribution in [0, 0.1) is 0 Å². The van der Waals surface area contributed by atoms with Crippen LogP contribution in [0.3, 0.4) is 0 Å². The Morgan fingerprint density at radius 3 is 2.76 bits per heavy atom. The highest BCUT2D eigenvalue weighted by Crippen LogP contribution is 2.26. The predicted octanol–water partition coefficient (Wildman–Crippen LogP) is 3.00. The zero-order valence-corrected chi connectivity index (χ0v) is 12.1. The van der Waals surface area contributed by atoms with E-state index in [0.29, 0.717) is 5.71 Å². The summed E-state index contributed by atoms with van der Waals surface area (Å²) in [6.45, 7) is 0. The molecule has 104 valence electrons. The molecule has 3 heterocycles. The summed E-state index contributed by atoms with van der Waals surface area (Å²) in [6, 6.07) is 9.53. The fourth-order valence-electron chi connectivity index (χ4n) is 1.82. The Hall–Kier alpha value is -2.60. The second-order valence-electron chi connectivity index (χ2n) is 4.11. The molecule has 0 amide bonds. The molecule has 0 aromatic carbocycles. The fourth-order valence-corrected chi connectivity index (χ4v) is 2.71. The standard InChI is InChI=1S/C15H12N4OS/c1-20-19-14(12-6-2-3-8-17-12)13-10-18-15(21-13)11-5-4-7-16-9-11/h2-10H,1H3/b19-14-. The van der Waals surface area contributed by atoms with E-state index in [4.69, 9.17) is 4.84 Å². The van der Waals surface area contributed by atoms with Gasteiger partial charge in [0.2, 0.25) is 0 Å². The van der Waals surface area contributed by atoms with E-state index < -0.39 is 0 Å². The maximum atomic E-state index is 4.94. The average Bonchev–Trinajstić information content (AvgIpc) is 3.04. The lowest BCUT2D eigenvalue weighted by Crippen LogP contribution is -2.03. The summed E-state index contributed by atoms with van der Waals surface area (Å²) < 4.78 is 0. The molecule has 0 N–H and O–H groups in total. The van der Waals surface area contributed by atoms with Gasteiger partial charge in [0, 0.05) is 30.4 Å². The molecule has 0 aliphatic rings. The third-order valence-corrected chi connectivity index (χ3v) is 3.79. The Labute approximate surface area is 126 Å². The Balaban J connectivity index is 1.99. The van der Waals surface area contributed by atoms with Crippen LogP contribution in [0.15, 0.2) is 60.3 Å². The van der Waals surface area contributed by atoms with Crippen LogP contribution >= 0.6 is 11.3 Å². The highest BCUT2D eigenvalue weighted by atomic mass is 32.1. The lowest BCUT2D eigenvalue weighted by molar-refractivity contribution is 0.214. The second-order valence-corrected chi connectivity index (χ2v) is 5.14. The first-order chi connectivity index (χ1) is 10.4. The number of hydrogen-bond donors (Lipinski definition) is 0. The summed E-state index contributed by atoms with van der Waals surface area (Å²) in [7, 11) is 1.52. The van der Waals surface area contributed by atoms with E-state index in [0.717, 1.165) is 21.1 Å². The van der Waals surface area contributed by atoms with Gasteiger partial charge in [-0.3, -0.25) is 9.97 Å². The van der Waals surface area contributed by atoms with Gasteiger partial charge < -0.3 is 4.84 Å². The van der Waals surface area contributed by atoms with Gasteiger partial charge in [0.25, 0.3) is 0 Å². The summed E-state index contributed by atoms with van der Waals surface area (Å²) >= 11 is 1.53. The van der Waals surface area contributed by atoms with Gasteiger partial charge in [-0.1, -0.05) is 11.2 Å². The molecule has 0 radical (unpaired) electrons. The smallest absolute Gasteiger partial charge is 0.147 e. The molecule has 0 atom stereocenters. The van der Waals surface area contributed by atoms with E-state index >= 15 is 0 Å². The Morgan fingerprint density at radius 2 is 2.05 bits per heavy atom. The topological polar surface area (TPSA) is 60.3 Å². The molecule has 3 aromatic rings. The van der Waals surface area contributed by atoms with Crippen LogP contribution in [0.5, 0.6) is 0 Å². The Kier molecular flexibility index (Phi) is 3.97. The largest absolute Gasteiger partial charge is 0.399 e. The predicted molar refractivity (Wildman–Crippen MR) is 82.2 cm³/mol. The van der Waals surface area contributed by atoms with Gasteiger partial charge in [0.1, 0.15) is 17.8 Å². The second kappa shape index (κ2) is 6.23. The van der Waals surface area contributed by atoms with Crippen molar-refractivity contribution in [1.82, 2.24) is 15.0 Å². The van der Waals surface area contributed by atoms with Crippen LogP contribution in [-0.2, 0) is 4.84 Å². The molecule has 0 unspecified atom stereocenters. The monoisotopic (exact) mass is 296 g/mol. The number of nitrogens with zero attached hydrogens (tertiary/aromatic N) is 4. The summed E-state index contributed by atoms with van der Waals surface area (Å²) in [6.07, 6.45) is 7.03. The molecule has 0 bridgehead atoms. The molecule has 0 spiro atoms. The SMILES string of the molecule is CO/N=C(/c1ccccn1)c1cnc(-c2cccnc2)s1.